The molecule has 1 heterocycles. The normalized spacial score (nSPS) is 17.1. The Morgan fingerprint density at radius 2 is 1.41 bits per heavy atom. The van der Waals surface area contributed by atoms with E-state index < -0.39 is 6.10 Å². The number of anilines is 1. The van der Waals surface area contributed by atoms with Gasteiger partial charge in [-0.05, 0) is 89.5 Å². The molecule has 0 bridgehead atoms. The molecule has 3 N–H and O–H groups in total. The number of hydrogen-bond donors (Lipinski definition) is 3. The van der Waals surface area contributed by atoms with Gasteiger partial charge in [0.1, 0.15) is 21.6 Å². The monoisotopic (exact) mass is 621 g/mol. The molecule has 7 heteroatoms. The van der Waals surface area contributed by atoms with Crippen molar-refractivity contribution < 1.29 is 19.7 Å². The summed E-state index contributed by atoms with van der Waals surface area (Å²) in [6, 6.07) is 36.9. The van der Waals surface area contributed by atoms with Crippen LogP contribution >= 0.6 is 24.0 Å². The Labute approximate surface area is 266 Å². The second-order valence-electron chi connectivity index (χ2n) is 11.0. The molecule has 1 aliphatic heterocycles. The summed E-state index contributed by atoms with van der Waals surface area (Å²) in [5, 5.41) is 32.2. The smallest absolute Gasteiger partial charge is 0.141 e. The number of aromatic hydroxyl groups is 2. The van der Waals surface area contributed by atoms with Crippen molar-refractivity contribution in [2.24, 2.45) is 0 Å². The standard InChI is InChI=1S/C37H32FNO3S2/c38-29-17-12-26(13-18-29)33(41)10-5-11-35-36(32-21-16-28(23-34(32)42)27-8-4-9-31(40)22-27)39(37(43)44-35)30-19-14-25(15-20-30)24-6-2-1-3-7-24/h1-4,6-9,12-23,33,35-36,40-42H,5,10-11H2/t33?,35-,36-/m1/s1. The quantitative estimate of drug-likeness (QED) is 0.143. The van der Waals surface area contributed by atoms with Crippen LogP contribution in [0.25, 0.3) is 22.3 Å². The van der Waals surface area contributed by atoms with Crippen LogP contribution in [-0.4, -0.2) is 24.9 Å². The lowest BCUT2D eigenvalue weighted by Crippen LogP contribution is -2.29. The van der Waals surface area contributed by atoms with Crippen molar-refractivity contribution in [3.8, 4) is 33.8 Å². The Morgan fingerprint density at radius 3 is 2.11 bits per heavy atom. The van der Waals surface area contributed by atoms with Gasteiger partial charge in [0.2, 0.25) is 0 Å². The first-order valence-electron chi connectivity index (χ1n) is 14.6. The molecule has 44 heavy (non-hydrogen) atoms. The van der Waals surface area contributed by atoms with E-state index in [0.29, 0.717) is 12.0 Å². The lowest BCUT2D eigenvalue weighted by atomic mass is 9.93. The number of nitrogens with zero attached hydrogens (tertiary/aromatic N) is 1. The third-order valence-electron chi connectivity index (χ3n) is 8.08. The molecule has 1 fully saturated rings. The van der Waals surface area contributed by atoms with Crippen LogP contribution < -0.4 is 4.90 Å². The molecule has 1 aliphatic rings. The molecule has 222 valence electrons. The van der Waals surface area contributed by atoms with E-state index in [1.54, 1.807) is 48.2 Å². The van der Waals surface area contributed by atoms with Crippen LogP contribution in [-0.2, 0) is 0 Å². The summed E-state index contributed by atoms with van der Waals surface area (Å²) in [5.41, 5.74) is 6.24. The number of phenolic OH excluding ortho intramolecular Hbond substituents is 2. The molecule has 5 aromatic carbocycles. The van der Waals surface area contributed by atoms with Crippen LogP contribution in [0.15, 0.2) is 121 Å². The van der Waals surface area contributed by atoms with Crippen LogP contribution in [0.5, 0.6) is 11.5 Å². The van der Waals surface area contributed by atoms with Gasteiger partial charge in [-0.25, -0.2) is 4.39 Å². The minimum Gasteiger partial charge on any atom is -0.508 e. The van der Waals surface area contributed by atoms with Crippen molar-refractivity contribution in [1.82, 2.24) is 0 Å². The van der Waals surface area contributed by atoms with Crippen LogP contribution in [0.3, 0.4) is 0 Å². The predicted molar refractivity (Wildman–Crippen MR) is 181 cm³/mol. The van der Waals surface area contributed by atoms with Crippen molar-refractivity contribution in [2.45, 2.75) is 36.7 Å². The maximum atomic E-state index is 13.4. The Bertz CT molecular complexity index is 1750. The number of halogens is 1. The van der Waals surface area contributed by atoms with Crippen molar-refractivity contribution in [1.29, 1.82) is 0 Å². The van der Waals surface area contributed by atoms with Crippen molar-refractivity contribution in [3.63, 3.8) is 0 Å². The summed E-state index contributed by atoms with van der Waals surface area (Å²) in [6.45, 7) is 0. The van der Waals surface area contributed by atoms with E-state index in [0.717, 1.165) is 50.7 Å². The molecular formula is C37H32FNO3S2. The first-order chi connectivity index (χ1) is 21.4. The topological polar surface area (TPSA) is 63.9 Å². The van der Waals surface area contributed by atoms with Gasteiger partial charge in [-0.2, -0.15) is 0 Å². The first kappa shape index (κ1) is 29.9. The van der Waals surface area contributed by atoms with Gasteiger partial charge in [0.05, 0.1) is 12.1 Å². The van der Waals surface area contributed by atoms with Crippen LogP contribution in [0.4, 0.5) is 10.1 Å². The van der Waals surface area contributed by atoms with Crippen LogP contribution in [0.2, 0.25) is 0 Å². The molecule has 0 amide bonds. The molecule has 1 saturated heterocycles. The van der Waals surface area contributed by atoms with Crippen LogP contribution in [0, 0.1) is 5.82 Å². The minimum absolute atomic E-state index is 0.0224. The summed E-state index contributed by atoms with van der Waals surface area (Å²) in [4.78, 5) is 2.12. The molecular weight excluding hydrogens is 590 g/mol. The SMILES string of the molecule is Oc1cccc(-c2ccc([C@@H]3[C@@H](CCCC(O)c4ccc(F)cc4)SC(=S)N3c3ccc(-c4ccccc4)cc3)c(O)c2)c1. The van der Waals surface area contributed by atoms with Gasteiger partial charge < -0.3 is 20.2 Å². The summed E-state index contributed by atoms with van der Waals surface area (Å²) in [5.74, 6) is -0.00791. The fraction of sp³-hybridized carbons (Fsp3) is 0.162. The fourth-order valence-corrected chi connectivity index (χ4v) is 7.68. The molecule has 6 rings (SSSR count). The van der Waals surface area contributed by atoms with E-state index in [9.17, 15) is 19.7 Å². The highest BCUT2D eigenvalue weighted by Gasteiger charge is 2.41. The predicted octanol–water partition coefficient (Wildman–Crippen LogP) is 9.42. The van der Waals surface area contributed by atoms with Gasteiger partial charge in [-0.15, -0.1) is 0 Å². The van der Waals surface area contributed by atoms with Crippen molar-refractivity contribution in [2.75, 3.05) is 4.90 Å². The van der Waals surface area contributed by atoms with E-state index >= 15 is 0 Å². The Balaban J connectivity index is 1.29. The Kier molecular flexibility index (Phi) is 8.98. The molecule has 5 aromatic rings. The maximum absolute atomic E-state index is 13.4. The molecule has 3 atom stereocenters. The van der Waals surface area contributed by atoms with Crippen molar-refractivity contribution in [3.05, 3.63) is 138 Å². The second-order valence-corrected chi connectivity index (χ2v) is 12.8. The highest BCUT2D eigenvalue weighted by Crippen LogP contribution is 2.49. The maximum Gasteiger partial charge on any atom is 0.141 e. The molecule has 1 unspecified atom stereocenters. The first-order valence-corrected chi connectivity index (χ1v) is 15.9. The van der Waals surface area contributed by atoms with Crippen molar-refractivity contribution >= 4 is 34.0 Å². The van der Waals surface area contributed by atoms with Gasteiger partial charge >= 0.3 is 0 Å². The number of benzene rings is 5. The second kappa shape index (κ2) is 13.2. The third kappa shape index (κ3) is 6.50. The summed E-state index contributed by atoms with van der Waals surface area (Å²) in [6.07, 6.45) is 1.30. The zero-order valence-corrected chi connectivity index (χ0v) is 25.5. The molecule has 0 spiro atoms. The van der Waals surface area contributed by atoms with Crippen LogP contribution in [0.1, 0.15) is 42.5 Å². The van der Waals surface area contributed by atoms with Gasteiger partial charge in [0.15, 0.2) is 0 Å². The van der Waals surface area contributed by atoms with E-state index in [1.807, 2.05) is 36.4 Å². The third-order valence-corrected chi connectivity index (χ3v) is 9.76. The minimum atomic E-state index is -0.691. The highest BCUT2D eigenvalue weighted by molar-refractivity contribution is 8.24. The number of aliphatic hydroxyl groups is 1. The largest absolute Gasteiger partial charge is 0.508 e. The average Bonchev–Trinajstić information content (AvgIpc) is 3.36. The lowest BCUT2D eigenvalue weighted by Gasteiger charge is -2.30. The number of phenols is 2. The molecule has 0 saturated carbocycles. The summed E-state index contributed by atoms with van der Waals surface area (Å²) < 4.78 is 14.1. The van der Waals surface area contributed by atoms with E-state index in [1.165, 1.54) is 12.1 Å². The number of aliphatic hydroxyl groups excluding tert-OH is 1. The molecule has 0 aromatic heterocycles. The molecule has 0 aliphatic carbocycles. The molecule has 0 radical (unpaired) electrons. The highest BCUT2D eigenvalue weighted by atomic mass is 32.2. The van der Waals surface area contributed by atoms with Gasteiger partial charge in [-0.1, -0.05) is 103 Å². The number of thioether (sulfide) groups is 1. The average molecular weight is 622 g/mol. The summed E-state index contributed by atoms with van der Waals surface area (Å²) in [7, 11) is 0. The number of rotatable bonds is 9. The molecule has 4 nitrogen and oxygen atoms in total. The van der Waals surface area contributed by atoms with E-state index in [-0.39, 0.29) is 28.6 Å². The van der Waals surface area contributed by atoms with Gasteiger partial charge in [-0.3, -0.25) is 0 Å². The summed E-state index contributed by atoms with van der Waals surface area (Å²) >= 11 is 7.56. The van der Waals surface area contributed by atoms with E-state index in [2.05, 4.69) is 41.3 Å². The number of thiocarbonyl (C=S) groups is 1. The fourth-order valence-electron chi connectivity index (χ4n) is 5.82. The zero-order chi connectivity index (χ0) is 30.6. The Morgan fingerprint density at radius 1 is 0.750 bits per heavy atom. The van der Waals surface area contributed by atoms with E-state index in [4.69, 9.17) is 12.2 Å². The number of hydrogen-bond acceptors (Lipinski definition) is 5. The van der Waals surface area contributed by atoms with Gasteiger partial charge in [0.25, 0.3) is 0 Å². The zero-order valence-electron chi connectivity index (χ0n) is 23.9. The van der Waals surface area contributed by atoms with Gasteiger partial charge in [0, 0.05) is 16.5 Å². The Hall–Kier alpha value is -4.17. The lowest BCUT2D eigenvalue weighted by molar-refractivity contribution is 0.163.